The standard InChI is InChI=1S/C26H40N2O6/c1-29-13-15-31-19-33-25(23(27)17-21-9-5-3-6-10-21)26(34-20-32-16-14-30-2)24(28)18-22-11-7-4-8-12-22/h3-12,23-26H,13-20,27-28H2,1-2H3/t23-,24?,25?,26?/m1/s1. The average Bonchev–Trinajstić information content (AvgIpc) is 2.85. The zero-order valence-corrected chi connectivity index (χ0v) is 20.3. The van der Waals surface area contributed by atoms with Crippen LogP contribution in [-0.2, 0) is 41.3 Å². The van der Waals surface area contributed by atoms with Gasteiger partial charge >= 0.3 is 0 Å². The fourth-order valence-electron chi connectivity index (χ4n) is 3.58. The molecule has 0 heterocycles. The molecule has 3 unspecified atom stereocenters. The number of nitrogens with two attached hydrogens (primary N) is 2. The molecule has 8 heteroatoms. The first kappa shape index (κ1) is 28.4. The van der Waals surface area contributed by atoms with Gasteiger partial charge in [0.05, 0.1) is 26.4 Å². The van der Waals surface area contributed by atoms with E-state index in [2.05, 4.69) is 0 Å². The Labute approximate surface area is 203 Å². The van der Waals surface area contributed by atoms with E-state index in [0.29, 0.717) is 39.3 Å². The van der Waals surface area contributed by atoms with Crippen LogP contribution < -0.4 is 11.5 Å². The maximum Gasteiger partial charge on any atom is 0.147 e. The SMILES string of the molecule is COCCOCOC(C(N)Cc1ccccc1)C(OCOCCOC)[C@H](N)Cc1ccccc1. The van der Waals surface area contributed by atoms with E-state index in [1.165, 1.54) is 0 Å². The van der Waals surface area contributed by atoms with Crippen LogP contribution in [0.3, 0.4) is 0 Å². The predicted molar refractivity (Wildman–Crippen MR) is 131 cm³/mol. The molecule has 2 aromatic carbocycles. The van der Waals surface area contributed by atoms with E-state index >= 15 is 0 Å². The molecular weight excluding hydrogens is 436 g/mol. The third-order valence-corrected chi connectivity index (χ3v) is 5.35. The third kappa shape index (κ3) is 11.0. The summed E-state index contributed by atoms with van der Waals surface area (Å²) in [6, 6.07) is 19.3. The van der Waals surface area contributed by atoms with Crippen LogP contribution in [-0.4, -0.2) is 78.5 Å². The molecule has 34 heavy (non-hydrogen) atoms. The highest BCUT2D eigenvalue weighted by molar-refractivity contribution is 5.18. The van der Waals surface area contributed by atoms with E-state index in [9.17, 15) is 0 Å². The summed E-state index contributed by atoms with van der Waals surface area (Å²) in [6.45, 7) is 1.89. The van der Waals surface area contributed by atoms with Gasteiger partial charge < -0.3 is 39.9 Å². The van der Waals surface area contributed by atoms with Gasteiger partial charge in [-0.15, -0.1) is 0 Å². The summed E-state index contributed by atoms with van der Waals surface area (Å²) >= 11 is 0. The van der Waals surface area contributed by atoms with E-state index in [4.69, 9.17) is 39.9 Å². The molecule has 0 saturated carbocycles. The van der Waals surface area contributed by atoms with Gasteiger partial charge in [0, 0.05) is 26.3 Å². The van der Waals surface area contributed by atoms with Crippen LogP contribution in [0.25, 0.3) is 0 Å². The summed E-state index contributed by atoms with van der Waals surface area (Å²) in [5, 5.41) is 0. The molecule has 0 aromatic heterocycles. The van der Waals surface area contributed by atoms with Crippen molar-refractivity contribution < 1.29 is 28.4 Å². The Morgan fingerprint density at radius 1 is 0.588 bits per heavy atom. The number of methoxy groups -OCH3 is 2. The minimum absolute atomic E-state index is 0.0545. The van der Waals surface area contributed by atoms with Gasteiger partial charge in [0.2, 0.25) is 0 Å². The Kier molecular flexibility index (Phi) is 14.6. The van der Waals surface area contributed by atoms with Gasteiger partial charge in [0.1, 0.15) is 25.8 Å². The van der Waals surface area contributed by atoms with Crippen LogP contribution in [0.15, 0.2) is 60.7 Å². The van der Waals surface area contributed by atoms with Crippen molar-refractivity contribution in [1.82, 2.24) is 0 Å². The lowest BCUT2D eigenvalue weighted by molar-refractivity contribution is -0.181. The minimum Gasteiger partial charge on any atom is -0.382 e. The van der Waals surface area contributed by atoms with Crippen LogP contribution >= 0.6 is 0 Å². The molecule has 2 rings (SSSR count). The number of benzene rings is 2. The Balaban J connectivity index is 2.14. The second kappa shape index (κ2) is 17.5. The predicted octanol–water partition coefficient (Wildman–Crippen LogP) is 2.14. The van der Waals surface area contributed by atoms with E-state index in [-0.39, 0.29) is 25.7 Å². The molecule has 0 amide bonds. The van der Waals surface area contributed by atoms with E-state index in [1.54, 1.807) is 14.2 Å². The summed E-state index contributed by atoms with van der Waals surface area (Å²) < 4.78 is 33.5. The summed E-state index contributed by atoms with van der Waals surface area (Å²) in [7, 11) is 3.25. The van der Waals surface area contributed by atoms with Crippen molar-refractivity contribution >= 4 is 0 Å². The van der Waals surface area contributed by atoms with Crippen molar-refractivity contribution in [3.8, 4) is 0 Å². The lowest BCUT2D eigenvalue weighted by Gasteiger charge is -2.35. The van der Waals surface area contributed by atoms with Gasteiger partial charge in [0.15, 0.2) is 0 Å². The van der Waals surface area contributed by atoms with Gasteiger partial charge in [-0.05, 0) is 24.0 Å². The largest absolute Gasteiger partial charge is 0.382 e. The zero-order chi connectivity index (χ0) is 24.4. The fraction of sp³-hybridized carbons (Fsp3) is 0.538. The molecule has 0 aliphatic carbocycles. The molecule has 2 aromatic rings. The van der Waals surface area contributed by atoms with Gasteiger partial charge in [-0.1, -0.05) is 60.7 Å². The van der Waals surface area contributed by atoms with Gasteiger partial charge in [-0.2, -0.15) is 0 Å². The Bertz CT molecular complexity index is 673. The number of rotatable bonds is 19. The van der Waals surface area contributed by atoms with E-state index in [0.717, 1.165) is 11.1 Å². The molecular formula is C26H40N2O6. The quantitative estimate of drug-likeness (QED) is 0.235. The lowest BCUT2D eigenvalue weighted by Crippen LogP contribution is -2.55. The van der Waals surface area contributed by atoms with Crippen molar-refractivity contribution in [2.45, 2.75) is 37.1 Å². The molecule has 0 fully saturated rings. The molecule has 8 nitrogen and oxygen atoms in total. The Hall–Kier alpha value is -1.88. The summed E-state index contributed by atoms with van der Waals surface area (Å²) in [5.74, 6) is 0. The van der Waals surface area contributed by atoms with Crippen LogP contribution in [0.1, 0.15) is 11.1 Å². The van der Waals surface area contributed by atoms with Crippen LogP contribution in [0.4, 0.5) is 0 Å². The minimum atomic E-state index is -0.521. The van der Waals surface area contributed by atoms with Crippen molar-refractivity contribution in [3.63, 3.8) is 0 Å². The highest BCUT2D eigenvalue weighted by atomic mass is 16.7. The summed E-state index contributed by atoms with van der Waals surface area (Å²) in [6.07, 6.45) is 0.165. The first-order chi connectivity index (χ1) is 16.7. The lowest BCUT2D eigenvalue weighted by atomic mass is 9.92. The van der Waals surface area contributed by atoms with Crippen molar-refractivity contribution in [2.24, 2.45) is 11.5 Å². The van der Waals surface area contributed by atoms with Crippen molar-refractivity contribution in [1.29, 1.82) is 0 Å². The Morgan fingerprint density at radius 3 is 1.32 bits per heavy atom. The topological polar surface area (TPSA) is 107 Å². The molecule has 4 N–H and O–H groups in total. The number of hydrogen-bond donors (Lipinski definition) is 2. The van der Waals surface area contributed by atoms with Crippen molar-refractivity contribution in [3.05, 3.63) is 71.8 Å². The molecule has 4 atom stereocenters. The molecule has 0 aliphatic rings. The van der Waals surface area contributed by atoms with Crippen molar-refractivity contribution in [2.75, 3.05) is 54.2 Å². The fourth-order valence-corrected chi connectivity index (χ4v) is 3.58. The monoisotopic (exact) mass is 476 g/mol. The highest BCUT2D eigenvalue weighted by Crippen LogP contribution is 2.18. The highest BCUT2D eigenvalue weighted by Gasteiger charge is 2.34. The van der Waals surface area contributed by atoms with E-state index in [1.807, 2.05) is 60.7 Å². The molecule has 0 bridgehead atoms. The first-order valence-electron chi connectivity index (χ1n) is 11.6. The maximum absolute atomic E-state index is 6.67. The maximum atomic E-state index is 6.67. The van der Waals surface area contributed by atoms with Crippen LogP contribution in [0.5, 0.6) is 0 Å². The number of ether oxygens (including phenoxy) is 6. The van der Waals surface area contributed by atoms with Crippen LogP contribution in [0, 0.1) is 0 Å². The van der Waals surface area contributed by atoms with Crippen LogP contribution in [0.2, 0.25) is 0 Å². The average molecular weight is 477 g/mol. The first-order valence-corrected chi connectivity index (χ1v) is 11.6. The summed E-state index contributed by atoms with van der Waals surface area (Å²) in [4.78, 5) is 0. The zero-order valence-electron chi connectivity index (χ0n) is 20.3. The molecule has 190 valence electrons. The molecule has 0 spiro atoms. The third-order valence-electron chi connectivity index (χ3n) is 5.35. The smallest absolute Gasteiger partial charge is 0.147 e. The van der Waals surface area contributed by atoms with E-state index < -0.39 is 12.2 Å². The second-order valence-electron chi connectivity index (χ2n) is 8.01. The molecule has 0 radical (unpaired) electrons. The normalized spacial score (nSPS) is 15.1. The number of hydrogen-bond acceptors (Lipinski definition) is 8. The van der Waals surface area contributed by atoms with Gasteiger partial charge in [-0.3, -0.25) is 0 Å². The Morgan fingerprint density at radius 2 is 0.971 bits per heavy atom. The summed E-state index contributed by atoms with van der Waals surface area (Å²) in [5.41, 5.74) is 15.6. The van der Waals surface area contributed by atoms with Gasteiger partial charge in [-0.25, -0.2) is 0 Å². The molecule has 0 aliphatic heterocycles. The van der Waals surface area contributed by atoms with Gasteiger partial charge in [0.25, 0.3) is 0 Å². The second-order valence-corrected chi connectivity index (χ2v) is 8.01. The molecule has 0 saturated heterocycles.